The predicted molar refractivity (Wildman–Crippen MR) is 91.0 cm³/mol. The molecule has 1 N–H and O–H groups in total. The quantitative estimate of drug-likeness (QED) is 0.782. The maximum Gasteiger partial charge on any atom is 0.137 e. The van der Waals surface area contributed by atoms with Gasteiger partial charge in [0, 0.05) is 12.1 Å². The van der Waals surface area contributed by atoms with Crippen LogP contribution in [0.15, 0.2) is 42.5 Å². The third-order valence-electron chi connectivity index (χ3n) is 4.18. The lowest BCUT2D eigenvalue weighted by molar-refractivity contribution is 0.166. The fourth-order valence-corrected chi connectivity index (χ4v) is 2.93. The summed E-state index contributed by atoms with van der Waals surface area (Å²) in [6.45, 7) is 4.03. The molecule has 0 fully saturated rings. The zero-order chi connectivity index (χ0) is 16.4. The molecule has 0 radical (unpaired) electrons. The second-order valence-electron chi connectivity index (χ2n) is 5.75. The number of imidazole rings is 1. The lowest BCUT2D eigenvalue weighted by Gasteiger charge is -2.12. The summed E-state index contributed by atoms with van der Waals surface area (Å²) < 4.78 is 7.27. The second-order valence-corrected chi connectivity index (χ2v) is 5.75. The molecule has 1 unspecified atom stereocenters. The first-order valence-corrected chi connectivity index (χ1v) is 7.92. The number of hydrogen-bond acceptors (Lipinski definition) is 3. The number of pyridine rings is 1. The molecule has 2 heterocycles. The van der Waals surface area contributed by atoms with Crippen molar-refractivity contribution in [2.45, 2.75) is 32.8 Å². The van der Waals surface area contributed by atoms with Crippen LogP contribution in [-0.2, 0) is 6.42 Å². The van der Waals surface area contributed by atoms with Crippen LogP contribution in [-0.4, -0.2) is 21.6 Å². The van der Waals surface area contributed by atoms with Crippen LogP contribution in [0, 0.1) is 6.92 Å². The summed E-state index contributed by atoms with van der Waals surface area (Å²) >= 11 is 0. The van der Waals surface area contributed by atoms with Crippen LogP contribution in [0.2, 0.25) is 0 Å². The lowest BCUT2D eigenvalue weighted by Crippen LogP contribution is -2.06. The van der Waals surface area contributed by atoms with Crippen molar-refractivity contribution in [2.24, 2.45) is 0 Å². The van der Waals surface area contributed by atoms with Crippen molar-refractivity contribution in [3.63, 3.8) is 0 Å². The van der Waals surface area contributed by atoms with Crippen LogP contribution < -0.4 is 4.74 Å². The highest BCUT2D eigenvalue weighted by molar-refractivity contribution is 5.47. The number of nitrogens with zero attached hydrogens (tertiary/aromatic N) is 2. The van der Waals surface area contributed by atoms with Gasteiger partial charge in [0.1, 0.15) is 11.4 Å². The van der Waals surface area contributed by atoms with Crippen molar-refractivity contribution < 1.29 is 9.84 Å². The van der Waals surface area contributed by atoms with Gasteiger partial charge in [0.15, 0.2) is 0 Å². The Balaban J connectivity index is 2.06. The Hall–Kier alpha value is -2.33. The zero-order valence-corrected chi connectivity index (χ0v) is 13.8. The number of methoxy groups -OCH3 is 1. The van der Waals surface area contributed by atoms with Gasteiger partial charge in [0.25, 0.3) is 0 Å². The Morgan fingerprint density at radius 3 is 2.57 bits per heavy atom. The van der Waals surface area contributed by atoms with Crippen molar-refractivity contribution in [1.82, 2.24) is 9.38 Å². The number of hydrogen-bond donors (Lipinski definition) is 1. The van der Waals surface area contributed by atoms with Gasteiger partial charge in [0.2, 0.25) is 0 Å². The molecule has 23 heavy (non-hydrogen) atoms. The SMILES string of the molecule is CCC(O)c1c(Cc2ccc(OC)cc2)nc2cccc(C)n12. The molecule has 0 aliphatic carbocycles. The van der Waals surface area contributed by atoms with Crippen LogP contribution >= 0.6 is 0 Å². The minimum atomic E-state index is -0.514. The minimum absolute atomic E-state index is 0.514. The summed E-state index contributed by atoms with van der Waals surface area (Å²) in [4.78, 5) is 4.75. The van der Waals surface area contributed by atoms with Crippen LogP contribution in [0.4, 0.5) is 0 Å². The van der Waals surface area contributed by atoms with Gasteiger partial charge < -0.3 is 9.84 Å². The van der Waals surface area contributed by atoms with E-state index in [1.807, 2.05) is 56.3 Å². The summed E-state index contributed by atoms with van der Waals surface area (Å²) in [5.74, 6) is 0.841. The van der Waals surface area contributed by atoms with E-state index in [9.17, 15) is 5.11 Å². The Morgan fingerprint density at radius 2 is 1.91 bits per heavy atom. The summed E-state index contributed by atoms with van der Waals surface area (Å²) in [5, 5.41) is 10.5. The molecule has 4 nitrogen and oxygen atoms in total. The van der Waals surface area contributed by atoms with Gasteiger partial charge in [-0.25, -0.2) is 4.98 Å². The number of aliphatic hydroxyl groups is 1. The average Bonchev–Trinajstić information content (AvgIpc) is 2.94. The molecule has 0 spiro atoms. The summed E-state index contributed by atoms with van der Waals surface area (Å²) in [6, 6.07) is 14.0. The Morgan fingerprint density at radius 1 is 1.17 bits per heavy atom. The van der Waals surface area contributed by atoms with E-state index in [2.05, 4.69) is 4.40 Å². The molecule has 3 rings (SSSR count). The number of benzene rings is 1. The molecule has 120 valence electrons. The van der Waals surface area contributed by atoms with Crippen LogP contribution in [0.25, 0.3) is 5.65 Å². The van der Waals surface area contributed by atoms with Crippen molar-refractivity contribution >= 4 is 5.65 Å². The normalized spacial score (nSPS) is 12.5. The van der Waals surface area contributed by atoms with Gasteiger partial charge in [-0.1, -0.05) is 25.1 Å². The molecule has 0 aliphatic rings. The van der Waals surface area contributed by atoms with Gasteiger partial charge in [-0.15, -0.1) is 0 Å². The highest BCUT2D eigenvalue weighted by Gasteiger charge is 2.19. The van der Waals surface area contributed by atoms with E-state index in [0.717, 1.165) is 34.0 Å². The number of ether oxygens (including phenoxy) is 1. The minimum Gasteiger partial charge on any atom is -0.497 e. The van der Waals surface area contributed by atoms with Gasteiger partial charge in [-0.2, -0.15) is 0 Å². The highest BCUT2D eigenvalue weighted by atomic mass is 16.5. The smallest absolute Gasteiger partial charge is 0.137 e. The molecular formula is C19H22N2O2. The molecule has 1 aromatic carbocycles. The molecule has 0 saturated carbocycles. The van der Waals surface area contributed by atoms with E-state index in [-0.39, 0.29) is 0 Å². The fraction of sp³-hybridized carbons (Fsp3) is 0.316. The Labute approximate surface area is 136 Å². The van der Waals surface area contributed by atoms with E-state index in [1.54, 1.807) is 7.11 Å². The summed E-state index contributed by atoms with van der Waals surface area (Å²) in [6.07, 6.45) is 0.842. The maximum absolute atomic E-state index is 10.5. The monoisotopic (exact) mass is 310 g/mol. The van der Waals surface area contributed by atoms with E-state index in [1.165, 1.54) is 0 Å². The third-order valence-corrected chi connectivity index (χ3v) is 4.18. The molecule has 0 amide bonds. The molecular weight excluding hydrogens is 288 g/mol. The fourth-order valence-electron chi connectivity index (χ4n) is 2.93. The molecule has 0 bridgehead atoms. The van der Waals surface area contributed by atoms with Crippen molar-refractivity contribution in [3.8, 4) is 5.75 Å². The van der Waals surface area contributed by atoms with Gasteiger partial charge in [-0.3, -0.25) is 4.40 Å². The van der Waals surface area contributed by atoms with E-state index in [0.29, 0.717) is 12.8 Å². The van der Waals surface area contributed by atoms with E-state index >= 15 is 0 Å². The standard InChI is InChI=1S/C19H22N2O2/c1-4-17(22)19-16(12-14-8-10-15(23-3)11-9-14)20-18-7-5-6-13(2)21(18)19/h5-11,17,22H,4,12H2,1-3H3. The summed E-state index contributed by atoms with van der Waals surface area (Å²) in [7, 11) is 1.66. The Kier molecular flexibility index (Phi) is 4.35. The predicted octanol–water partition coefficient (Wildman–Crippen LogP) is 3.69. The van der Waals surface area contributed by atoms with Crippen molar-refractivity contribution in [3.05, 3.63) is 65.1 Å². The first-order valence-electron chi connectivity index (χ1n) is 7.92. The first kappa shape index (κ1) is 15.6. The molecule has 4 heteroatoms. The van der Waals surface area contributed by atoms with Crippen molar-refractivity contribution in [1.29, 1.82) is 0 Å². The van der Waals surface area contributed by atoms with Gasteiger partial charge in [0.05, 0.1) is 24.6 Å². The lowest BCUT2D eigenvalue weighted by atomic mass is 10.0. The van der Waals surface area contributed by atoms with Crippen LogP contribution in [0.1, 0.15) is 42.1 Å². The van der Waals surface area contributed by atoms with Crippen molar-refractivity contribution in [2.75, 3.05) is 7.11 Å². The number of aromatic nitrogens is 2. The first-order chi connectivity index (χ1) is 11.1. The summed E-state index contributed by atoms with van der Waals surface area (Å²) in [5.41, 5.74) is 4.95. The second kappa shape index (κ2) is 6.42. The molecule has 3 aromatic rings. The van der Waals surface area contributed by atoms with Gasteiger partial charge >= 0.3 is 0 Å². The van der Waals surface area contributed by atoms with Crippen LogP contribution in [0.5, 0.6) is 5.75 Å². The topological polar surface area (TPSA) is 46.8 Å². The average molecular weight is 310 g/mol. The number of rotatable bonds is 5. The van der Waals surface area contributed by atoms with Gasteiger partial charge in [-0.05, 0) is 43.2 Å². The zero-order valence-electron chi connectivity index (χ0n) is 13.8. The molecule has 1 atom stereocenters. The molecule has 0 saturated heterocycles. The number of aryl methyl sites for hydroxylation is 1. The molecule has 2 aromatic heterocycles. The molecule has 0 aliphatic heterocycles. The maximum atomic E-state index is 10.5. The van der Waals surface area contributed by atoms with E-state index in [4.69, 9.17) is 9.72 Å². The van der Waals surface area contributed by atoms with Crippen LogP contribution in [0.3, 0.4) is 0 Å². The highest BCUT2D eigenvalue weighted by Crippen LogP contribution is 2.26. The number of fused-ring (bicyclic) bond motifs is 1. The third kappa shape index (κ3) is 2.94. The largest absolute Gasteiger partial charge is 0.497 e. The number of aliphatic hydroxyl groups excluding tert-OH is 1. The Bertz CT molecular complexity index is 806. The van der Waals surface area contributed by atoms with E-state index < -0.39 is 6.10 Å².